The highest BCUT2D eigenvalue weighted by molar-refractivity contribution is 5.56. The highest BCUT2D eigenvalue weighted by atomic mass is 15.5. The zero-order chi connectivity index (χ0) is 20.9. The minimum atomic E-state index is 0.344. The lowest BCUT2D eigenvalue weighted by Gasteiger charge is -2.37. The average molecular weight is 406 g/mol. The van der Waals surface area contributed by atoms with Gasteiger partial charge in [0.05, 0.1) is 26.2 Å². The molecule has 158 valence electrons. The summed E-state index contributed by atoms with van der Waals surface area (Å²) in [5.74, 6) is 1.03. The Labute approximate surface area is 179 Å². The van der Waals surface area contributed by atoms with Crippen molar-refractivity contribution >= 4 is 5.69 Å². The van der Waals surface area contributed by atoms with Gasteiger partial charge in [0.25, 0.3) is 0 Å². The molecule has 4 rings (SSSR count). The van der Waals surface area contributed by atoms with Gasteiger partial charge in [-0.3, -0.25) is 0 Å². The summed E-state index contributed by atoms with van der Waals surface area (Å²) in [5, 5.41) is 12.8. The number of nitrogens with one attached hydrogen (secondary N) is 1. The van der Waals surface area contributed by atoms with Gasteiger partial charge in [-0.2, -0.15) is 0 Å². The standard InChI is InChI=1S/C24H32N6/c1-4-22(24-25-26-27-30(24)14-13-21-10-6-5-7-11-21)28-15-17-29(18-16-28)23-12-8-9-19(2)20(23)3/h5-12,22H,4,13-18H2,1-3H3/p+1/t22-/m0/s1. The SMILES string of the molecule is CC[C@@H](c1nnnn1CCc1ccccc1)[NH+]1CCN(c2cccc(C)c2C)CC1. The minimum absolute atomic E-state index is 0.344. The van der Waals surface area contributed by atoms with Gasteiger partial charge >= 0.3 is 0 Å². The summed E-state index contributed by atoms with van der Waals surface area (Å²) in [7, 11) is 0. The van der Waals surface area contributed by atoms with E-state index in [1.165, 1.54) is 22.4 Å². The Morgan fingerprint density at radius 1 is 1.00 bits per heavy atom. The van der Waals surface area contributed by atoms with Gasteiger partial charge in [-0.15, -0.1) is 5.10 Å². The first kappa shape index (κ1) is 20.5. The molecule has 0 aliphatic carbocycles. The zero-order valence-electron chi connectivity index (χ0n) is 18.4. The number of aryl methyl sites for hydroxylation is 3. The van der Waals surface area contributed by atoms with Crippen LogP contribution in [0, 0.1) is 13.8 Å². The summed E-state index contributed by atoms with van der Waals surface area (Å²) in [6, 6.07) is 17.5. The minimum Gasteiger partial charge on any atom is -0.360 e. The number of nitrogens with zero attached hydrogens (tertiary/aromatic N) is 5. The normalized spacial score (nSPS) is 16.0. The fourth-order valence-electron chi connectivity index (χ4n) is 4.62. The quantitative estimate of drug-likeness (QED) is 0.656. The Morgan fingerprint density at radius 2 is 1.77 bits per heavy atom. The molecule has 1 aromatic heterocycles. The van der Waals surface area contributed by atoms with Crippen LogP contribution in [0.4, 0.5) is 5.69 Å². The molecule has 0 spiro atoms. The number of benzene rings is 2. The van der Waals surface area contributed by atoms with Crippen molar-refractivity contribution in [3.63, 3.8) is 0 Å². The molecule has 1 aliphatic heterocycles. The Balaban J connectivity index is 1.42. The highest BCUT2D eigenvalue weighted by Crippen LogP contribution is 2.23. The third-order valence-corrected chi connectivity index (χ3v) is 6.55. The molecule has 30 heavy (non-hydrogen) atoms. The van der Waals surface area contributed by atoms with Gasteiger partial charge in [-0.1, -0.05) is 49.4 Å². The molecule has 0 amide bonds. The maximum atomic E-state index is 4.45. The Hall–Kier alpha value is -2.73. The lowest BCUT2D eigenvalue weighted by atomic mass is 10.1. The third-order valence-electron chi connectivity index (χ3n) is 6.55. The van der Waals surface area contributed by atoms with Crippen LogP contribution in [0.3, 0.4) is 0 Å². The molecule has 1 atom stereocenters. The molecule has 6 heteroatoms. The highest BCUT2D eigenvalue weighted by Gasteiger charge is 2.31. The van der Waals surface area contributed by atoms with E-state index in [0.717, 1.165) is 51.4 Å². The van der Waals surface area contributed by atoms with Gasteiger partial charge in [0.15, 0.2) is 0 Å². The third kappa shape index (κ3) is 4.38. The number of piperazine rings is 1. The summed E-state index contributed by atoms with van der Waals surface area (Å²) >= 11 is 0. The van der Waals surface area contributed by atoms with E-state index >= 15 is 0 Å². The van der Waals surface area contributed by atoms with E-state index in [0.29, 0.717) is 6.04 Å². The van der Waals surface area contributed by atoms with E-state index in [9.17, 15) is 0 Å². The molecule has 1 N–H and O–H groups in total. The van der Waals surface area contributed by atoms with Crippen LogP contribution in [-0.2, 0) is 13.0 Å². The zero-order valence-corrected chi connectivity index (χ0v) is 18.4. The Morgan fingerprint density at radius 3 is 2.50 bits per heavy atom. The smallest absolute Gasteiger partial charge is 0.209 e. The second kappa shape index (κ2) is 9.39. The van der Waals surface area contributed by atoms with E-state index in [2.05, 4.69) is 89.7 Å². The molecule has 3 aromatic rings. The first-order valence-corrected chi connectivity index (χ1v) is 11.1. The molecule has 6 nitrogen and oxygen atoms in total. The largest absolute Gasteiger partial charge is 0.360 e. The molecule has 2 heterocycles. The summed E-state index contributed by atoms with van der Waals surface area (Å²) in [4.78, 5) is 4.13. The molecular formula is C24H33N6+. The fraction of sp³-hybridized carbons (Fsp3) is 0.458. The second-order valence-electron chi connectivity index (χ2n) is 8.32. The number of hydrogen-bond acceptors (Lipinski definition) is 4. The maximum absolute atomic E-state index is 4.45. The molecule has 1 aliphatic rings. The van der Waals surface area contributed by atoms with Crippen LogP contribution in [0.2, 0.25) is 0 Å². The summed E-state index contributed by atoms with van der Waals surface area (Å²) in [5.41, 5.74) is 5.47. The van der Waals surface area contributed by atoms with Gasteiger partial charge < -0.3 is 9.80 Å². The van der Waals surface area contributed by atoms with Gasteiger partial charge in [0, 0.05) is 18.7 Å². The van der Waals surface area contributed by atoms with Crippen LogP contribution in [-0.4, -0.2) is 46.4 Å². The van der Waals surface area contributed by atoms with E-state index in [-0.39, 0.29) is 0 Å². The number of tetrazole rings is 1. The van der Waals surface area contributed by atoms with Crippen LogP contribution < -0.4 is 9.80 Å². The van der Waals surface area contributed by atoms with Gasteiger partial charge in [0.2, 0.25) is 5.82 Å². The van der Waals surface area contributed by atoms with Crippen molar-refractivity contribution < 1.29 is 4.90 Å². The van der Waals surface area contributed by atoms with Gasteiger partial charge in [-0.05, 0) is 53.5 Å². The summed E-state index contributed by atoms with van der Waals surface area (Å²) < 4.78 is 2.02. The molecule has 1 saturated heterocycles. The molecule has 0 bridgehead atoms. The topological polar surface area (TPSA) is 51.3 Å². The first-order valence-electron chi connectivity index (χ1n) is 11.1. The number of rotatable bonds is 7. The van der Waals surface area contributed by atoms with E-state index < -0.39 is 0 Å². The molecular weight excluding hydrogens is 372 g/mol. The molecule has 0 unspecified atom stereocenters. The fourth-order valence-corrected chi connectivity index (χ4v) is 4.62. The predicted molar refractivity (Wildman–Crippen MR) is 120 cm³/mol. The van der Waals surface area contributed by atoms with Crippen molar-refractivity contribution in [2.24, 2.45) is 0 Å². The van der Waals surface area contributed by atoms with Crippen molar-refractivity contribution in [3.8, 4) is 0 Å². The lowest BCUT2D eigenvalue weighted by molar-refractivity contribution is -0.933. The van der Waals surface area contributed by atoms with Crippen molar-refractivity contribution in [3.05, 3.63) is 71.0 Å². The predicted octanol–water partition coefficient (Wildman–Crippen LogP) is 2.39. The molecule has 0 radical (unpaired) electrons. The van der Waals surface area contributed by atoms with Crippen molar-refractivity contribution in [1.29, 1.82) is 0 Å². The number of quaternary nitrogens is 1. The van der Waals surface area contributed by atoms with Crippen LogP contribution in [0.5, 0.6) is 0 Å². The van der Waals surface area contributed by atoms with Gasteiger partial charge in [0.1, 0.15) is 6.04 Å². The maximum Gasteiger partial charge on any atom is 0.209 e. The van der Waals surface area contributed by atoms with Crippen LogP contribution in [0.1, 0.15) is 41.9 Å². The van der Waals surface area contributed by atoms with Crippen LogP contribution in [0.25, 0.3) is 0 Å². The molecule has 0 saturated carbocycles. The molecule has 1 fully saturated rings. The van der Waals surface area contributed by atoms with Crippen LogP contribution >= 0.6 is 0 Å². The molecule has 2 aromatic carbocycles. The van der Waals surface area contributed by atoms with Crippen molar-refractivity contribution in [2.45, 2.75) is 46.2 Å². The van der Waals surface area contributed by atoms with E-state index in [1.54, 1.807) is 4.90 Å². The summed E-state index contributed by atoms with van der Waals surface area (Å²) in [6.45, 7) is 11.9. The van der Waals surface area contributed by atoms with Crippen molar-refractivity contribution in [1.82, 2.24) is 20.2 Å². The average Bonchev–Trinajstić information content (AvgIpc) is 3.24. The number of anilines is 1. The summed E-state index contributed by atoms with van der Waals surface area (Å²) in [6.07, 6.45) is 2.00. The number of hydrogen-bond donors (Lipinski definition) is 1. The second-order valence-corrected chi connectivity index (χ2v) is 8.32. The van der Waals surface area contributed by atoms with Gasteiger partial charge in [-0.25, -0.2) is 4.68 Å². The monoisotopic (exact) mass is 405 g/mol. The van der Waals surface area contributed by atoms with Crippen molar-refractivity contribution in [2.75, 3.05) is 31.1 Å². The first-order chi connectivity index (χ1) is 14.7. The van der Waals surface area contributed by atoms with E-state index in [1.807, 2.05) is 4.68 Å². The Kier molecular flexibility index (Phi) is 6.43. The number of aromatic nitrogens is 4. The van der Waals surface area contributed by atoms with Crippen LogP contribution in [0.15, 0.2) is 48.5 Å². The van der Waals surface area contributed by atoms with E-state index in [4.69, 9.17) is 0 Å². The Bertz CT molecular complexity index is 943. The lowest BCUT2D eigenvalue weighted by Crippen LogP contribution is -3.15.